The Balaban J connectivity index is 1.72. The molecule has 2 heterocycles. The van der Waals surface area contributed by atoms with Gasteiger partial charge in [0, 0.05) is 59.2 Å². The quantitative estimate of drug-likeness (QED) is 0.172. The summed E-state index contributed by atoms with van der Waals surface area (Å²) in [5, 5.41) is 9.27. The van der Waals surface area contributed by atoms with Crippen LogP contribution in [0.3, 0.4) is 0 Å². The van der Waals surface area contributed by atoms with E-state index in [1.54, 1.807) is 6.20 Å². The molecule has 202 valence electrons. The van der Waals surface area contributed by atoms with E-state index in [1.165, 1.54) is 7.11 Å². The van der Waals surface area contributed by atoms with E-state index in [4.69, 9.17) is 9.47 Å². The standard InChI is InChI=1S/C27H41N5O4Si/c1-35-27(34)18-23-6-8-24(9-7-23)19-30(20-25-28-10-13-31(25)12-5-15-33)21-26-29-11-14-32(26)22-36-16-17-37(2,3)4/h6-11,13-14,33H,5,12,15-22H2,1-4H3. The summed E-state index contributed by atoms with van der Waals surface area (Å²) in [7, 11) is 0.265. The van der Waals surface area contributed by atoms with Crippen molar-refractivity contribution in [3.63, 3.8) is 0 Å². The second-order valence-corrected chi connectivity index (χ2v) is 16.1. The number of nitrogens with zero attached hydrogens (tertiary/aromatic N) is 5. The van der Waals surface area contributed by atoms with Gasteiger partial charge in [-0.05, 0) is 23.6 Å². The molecule has 0 saturated heterocycles. The lowest BCUT2D eigenvalue weighted by Gasteiger charge is -2.23. The van der Waals surface area contributed by atoms with Gasteiger partial charge >= 0.3 is 5.97 Å². The highest BCUT2D eigenvalue weighted by Gasteiger charge is 2.16. The molecular weight excluding hydrogens is 486 g/mol. The van der Waals surface area contributed by atoms with Gasteiger partial charge in [0.2, 0.25) is 0 Å². The van der Waals surface area contributed by atoms with E-state index >= 15 is 0 Å². The lowest BCUT2D eigenvalue weighted by Crippen LogP contribution is -2.26. The lowest BCUT2D eigenvalue weighted by molar-refractivity contribution is -0.139. The minimum absolute atomic E-state index is 0.147. The van der Waals surface area contributed by atoms with Crippen molar-refractivity contribution in [1.29, 1.82) is 0 Å². The number of aliphatic hydroxyl groups is 1. The van der Waals surface area contributed by atoms with Crippen molar-refractivity contribution in [3.05, 3.63) is 71.8 Å². The highest BCUT2D eigenvalue weighted by molar-refractivity contribution is 6.76. The van der Waals surface area contributed by atoms with Crippen LogP contribution in [0.1, 0.15) is 29.2 Å². The summed E-state index contributed by atoms with van der Waals surface area (Å²) in [4.78, 5) is 23.1. The van der Waals surface area contributed by atoms with E-state index in [1.807, 2.05) is 30.7 Å². The second kappa shape index (κ2) is 14.2. The van der Waals surface area contributed by atoms with Gasteiger partial charge in [-0.15, -0.1) is 0 Å². The second-order valence-electron chi connectivity index (χ2n) is 10.5. The molecule has 0 bridgehead atoms. The van der Waals surface area contributed by atoms with Crippen LogP contribution in [-0.2, 0) is 53.6 Å². The number of rotatable bonds is 16. The van der Waals surface area contributed by atoms with Crippen LogP contribution >= 0.6 is 0 Å². The fourth-order valence-electron chi connectivity index (χ4n) is 3.91. The van der Waals surface area contributed by atoms with E-state index < -0.39 is 8.07 Å². The van der Waals surface area contributed by atoms with Crippen LogP contribution in [0.4, 0.5) is 0 Å². The van der Waals surface area contributed by atoms with Crippen LogP contribution in [0, 0.1) is 0 Å². The number of aliphatic hydroxyl groups excluding tert-OH is 1. The maximum atomic E-state index is 11.6. The molecule has 0 aliphatic heterocycles. The Kier molecular flexibility index (Phi) is 11.1. The van der Waals surface area contributed by atoms with Crippen molar-refractivity contribution in [2.24, 2.45) is 0 Å². The number of methoxy groups -OCH3 is 1. The number of ether oxygens (including phenoxy) is 2. The largest absolute Gasteiger partial charge is 0.469 e. The molecule has 9 nitrogen and oxygen atoms in total. The van der Waals surface area contributed by atoms with Gasteiger partial charge in [0.1, 0.15) is 18.4 Å². The predicted octanol–water partition coefficient (Wildman–Crippen LogP) is 3.69. The Labute approximate surface area is 221 Å². The van der Waals surface area contributed by atoms with Gasteiger partial charge in [-0.3, -0.25) is 9.69 Å². The Morgan fingerprint density at radius 3 is 2.22 bits per heavy atom. The molecule has 0 aliphatic carbocycles. The summed E-state index contributed by atoms with van der Waals surface area (Å²) in [6.45, 7) is 11.1. The van der Waals surface area contributed by atoms with Crippen molar-refractivity contribution < 1.29 is 19.4 Å². The van der Waals surface area contributed by atoms with E-state index in [2.05, 4.69) is 55.8 Å². The van der Waals surface area contributed by atoms with Gasteiger partial charge in [-0.25, -0.2) is 9.97 Å². The van der Waals surface area contributed by atoms with Crippen LogP contribution in [-0.4, -0.2) is 63.5 Å². The Hall–Kier alpha value is -2.79. The molecular formula is C27H41N5O4Si. The number of hydrogen-bond donors (Lipinski definition) is 1. The fraction of sp³-hybridized carbons (Fsp3) is 0.519. The van der Waals surface area contributed by atoms with E-state index in [-0.39, 0.29) is 19.0 Å². The average molecular weight is 528 g/mol. The smallest absolute Gasteiger partial charge is 0.309 e. The van der Waals surface area contributed by atoms with Gasteiger partial charge in [0.15, 0.2) is 0 Å². The third-order valence-corrected chi connectivity index (χ3v) is 7.83. The summed E-state index contributed by atoms with van der Waals surface area (Å²) in [6, 6.07) is 9.18. The molecule has 0 fully saturated rings. The van der Waals surface area contributed by atoms with Crippen LogP contribution in [0.5, 0.6) is 0 Å². The topological polar surface area (TPSA) is 94.6 Å². The van der Waals surface area contributed by atoms with Gasteiger partial charge in [-0.1, -0.05) is 43.9 Å². The van der Waals surface area contributed by atoms with Gasteiger partial charge in [-0.2, -0.15) is 0 Å². The van der Waals surface area contributed by atoms with Crippen molar-refractivity contribution in [2.45, 2.75) is 71.4 Å². The molecule has 2 aromatic heterocycles. The summed E-state index contributed by atoms with van der Waals surface area (Å²) >= 11 is 0. The Morgan fingerprint density at radius 2 is 1.59 bits per heavy atom. The number of imidazole rings is 2. The van der Waals surface area contributed by atoms with Crippen LogP contribution < -0.4 is 0 Å². The molecule has 0 amide bonds. The molecule has 0 aliphatic rings. The zero-order valence-electron chi connectivity index (χ0n) is 22.6. The normalized spacial score (nSPS) is 11.8. The molecule has 1 aromatic carbocycles. The SMILES string of the molecule is COC(=O)Cc1ccc(CN(Cc2nccn2CCCO)Cc2nccn2COCC[Si](C)(C)C)cc1. The van der Waals surface area contributed by atoms with Gasteiger partial charge in [0.05, 0.1) is 26.6 Å². The zero-order valence-corrected chi connectivity index (χ0v) is 23.6. The summed E-state index contributed by atoms with van der Waals surface area (Å²) in [6.07, 6.45) is 8.49. The number of carbonyl (C=O) groups is 1. The summed E-state index contributed by atoms with van der Waals surface area (Å²) in [5.74, 6) is 1.63. The first-order valence-corrected chi connectivity index (χ1v) is 16.5. The molecule has 0 unspecified atom stereocenters. The predicted molar refractivity (Wildman–Crippen MR) is 145 cm³/mol. The van der Waals surface area contributed by atoms with Crippen molar-refractivity contribution in [2.75, 3.05) is 20.3 Å². The first-order chi connectivity index (χ1) is 17.8. The average Bonchev–Trinajstić information content (AvgIpc) is 3.50. The molecule has 37 heavy (non-hydrogen) atoms. The van der Waals surface area contributed by atoms with E-state index in [9.17, 15) is 9.90 Å². The first kappa shape index (κ1) is 28.8. The number of aromatic nitrogens is 4. The molecule has 0 radical (unpaired) electrons. The van der Waals surface area contributed by atoms with Crippen LogP contribution in [0.25, 0.3) is 0 Å². The minimum atomic E-state index is -1.14. The summed E-state index contributed by atoms with van der Waals surface area (Å²) < 4.78 is 14.9. The number of benzene rings is 1. The van der Waals surface area contributed by atoms with Gasteiger partial charge < -0.3 is 23.7 Å². The van der Waals surface area contributed by atoms with Crippen molar-refractivity contribution >= 4 is 14.0 Å². The maximum Gasteiger partial charge on any atom is 0.309 e. The van der Waals surface area contributed by atoms with Crippen LogP contribution in [0.2, 0.25) is 25.7 Å². The van der Waals surface area contributed by atoms with Crippen molar-refractivity contribution in [3.8, 4) is 0 Å². The molecule has 0 spiro atoms. The van der Waals surface area contributed by atoms with Crippen LogP contribution in [0.15, 0.2) is 49.1 Å². The third-order valence-electron chi connectivity index (χ3n) is 6.12. The van der Waals surface area contributed by atoms with Crippen molar-refractivity contribution in [1.82, 2.24) is 24.0 Å². The molecule has 1 N–H and O–H groups in total. The molecule has 0 atom stereocenters. The molecule has 3 rings (SSSR count). The maximum absolute atomic E-state index is 11.6. The van der Waals surface area contributed by atoms with E-state index in [0.29, 0.717) is 32.8 Å². The molecule has 10 heteroatoms. The highest BCUT2D eigenvalue weighted by Crippen LogP contribution is 2.15. The van der Waals surface area contributed by atoms with E-state index in [0.717, 1.165) is 42.0 Å². The van der Waals surface area contributed by atoms with Gasteiger partial charge in [0.25, 0.3) is 0 Å². The molecule has 3 aromatic rings. The number of carbonyl (C=O) groups excluding carboxylic acids is 1. The number of hydrogen-bond acceptors (Lipinski definition) is 7. The number of aryl methyl sites for hydroxylation is 1. The Bertz CT molecular complexity index is 1090. The monoisotopic (exact) mass is 527 g/mol. The summed E-state index contributed by atoms with van der Waals surface area (Å²) in [5.41, 5.74) is 2.05. The zero-order chi connectivity index (χ0) is 26.7. The third kappa shape index (κ3) is 9.88. The lowest BCUT2D eigenvalue weighted by atomic mass is 10.1. The molecule has 0 saturated carbocycles. The fourth-order valence-corrected chi connectivity index (χ4v) is 4.67. The minimum Gasteiger partial charge on any atom is -0.469 e. The highest BCUT2D eigenvalue weighted by atomic mass is 28.3. The Morgan fingerprint density at radius 1 is 0.973 bits per heavy atom. The first-order valence-electron chi connectivity index (χ1n) is 12.8. The number of esters is 1.